The lowest BCUT2D eigenvalue weighted by Gasteiger charge is -2.16. The highest BCUT2D eigenvalue weighted by Gasteiger charge is 2.56. The van der Waals surface area contributed by atoms with Crippen molar-refractivity contribution in [2.45, 2.75) is 59.8 Å². The third-order valence-electron chi connectivity index (χ3n) is 8.58. The lowest BCUT2D eigenvalue weighted by atomic mass is 10.0. The Morgan fingerprint density at radius 1 is 0.788 bits per heavy atom. The number of nitrogens with zero attached hydrogens (tertiary/aromatic N) is 2. The number of carbonyl (C=O) groups is 3. The quantitative estimate of drug-likeness (QED) is 0.0731. The number of fused-ring (bicyclic) bond motifs is 1. The molecule has 13 heteroatoms. The van der Waals surface area contributed by atoms with Gasteiger partial charge < -0.3 is 34.9 Å². The summed E-state index contributed by atoms with van der Waals surface area (Å²) in [4.78, 5) is 43.3. The van der Waals surface area contributed by atoms with Crippen molar-refractivity contribution in [3.63, 3.8) is 0 Å². The van der Waals surface area contributed by atoms with E-state index in [0.29, 0.717) is 72.7 Å². The van der Waals surface area contributed by atoms with E-state index in [-0.39, 0.29) is 17.9 Å². The molecular weight excluding hydrogens is 674 g/mol. The first-order valence-electron chi connectivity index (χ1n) is 17.5. The second-order valence-electron chi connectivity index (χ2n) is 12.1. The maximum absolute atomic E-state index is 15.2. The zero-order valence-electron chi connectivity index (χ0n) is 30.0. The summed E-state index contributed by atoms with van der Waals surface area (Å²) in [6, 6.07) is 14.1. The van der Waals surface area contributed by atoms with Crippen LogP contribution in [0.3, 0.4) is 0 Å². The molecule has 278 valence electrons. The summed E-state index contributed by atoms with van der Waals surface area (Å²) in [5, 5.41) is 14.6. The number of hydrogen-bond acceptors (Lipinski definition) is 8. The number of aliphatic carboxylic acids is 1. The predicted molar refractivity (Wildman–Crippen MR) is 195 cm³/mol. The molecule has 2 amide bonds. The first-order chi connectivity index (χ1) is 25.0. The minimum absolute atomic E-state index is 0.0579. The molecule has 0 unspecified atom stereocenters. The number of benzene rings is 3. The summed E-state index contributed by atoms with van der Waals surface area (Å²) in [6.45, 7) is 12.6. The van der Waals surface area contributed by atoms with Gasteiger partial charge in [-0.05, 0) is 101 Å². The zero-order chi connectivity index (χ0) is 37.7. The summed E-state index contributed by atoms with van der Waals surface area (Å²) >= 11 is 0. The normalized spacial score (nSPS) is 12.8. The molecule has 0 radical (unpaired) electrons. The first kappa shape index (κ1) is 39.5. The number of carboxylic acids is 1. The average molecular weight is 721 g/mol. The maximum Gasteiger partial charge on any atom is 0.303 e. The van der Waals surface area contributed by atoms with Gasteiger partial charge in [0.05, 0.1) is 18.7 Å². The van der Waals surface area contributed by atoms with E-state index in [9.17, 15) is 18.8 Å². The number of hydrogen-bond donors (Lipinski definition) is 3. The van der Waals surface area contributed by atoms with Crippen molar-refractivity contribution in [3.05, 3.63) is 78.5 Å². The smallest absolute Gasteiger partial charge is 0.303 e. The van der Waals surface area contributed by atoms with Gasteiger partial charge in [0.15, 0.2) is 23.1 Å². The zero-order valence-corrected chi connectivity index (χ0v) is 30.0. The standard InChI is InChI=1S/C33H31F2N3O7.C6H15N/c1-2-43-28-18-23-25(19-29(28)44-16-4-3-5-30(39)40)36-15-12-26(23)45-27-11-10-22(17-24(27)35)38-32(42)33(13-14-33)31(41)37-21-8-6-20(34)7-9-21;1-4-7(5-2)6-3/h6-12,15,17-19H,2-5,13-14,16H2,1H3,(H,37,41)(H,38,42)(H,39,40);4-6H2,1-3H3. The Morgan fingerprint density at radius 3 is 2.00 bits per heavy atom. The van der Waals surface area contributed by atoms with Crippen molar-refractivity contribution < 1.29 is 42.5 Å². The van der Waals surface area contributed by atoms with Gasteiger partial charge in [0.1, 0.15) is 17.0 Å². The molecule has 52 heavy (non-hydrogen) atoms. The van der Waals surface area contributed by atoms with Crippen LogP contribution in [0.2, 0.25) is 0 Å². The van der Waals surface area contributed by atoms with Crippen LogP contribution in [0.5, 0.6) is 23.0 Å². The molecule has 0 bridgehead atoms. The highest BCUT2D eigenvalue weighted by molar-refractivity contribution is 6.16. The van der Waals surface area contributed by atoms with Gasteiger partial charge in [-0.2, -0.15) is 0 Å². The summed E-state index contributed by atoms with van der Waals surface area (Å²) in [5.74, 6) is -2.08. The fraction of sp³-hybridized carbons (Fsp3) is 0.385. The van der Waals surface area contributed by atoms with Crippen molar-refractivity contribution in [3.8, 4) is 23.0 Å². The molecule has 11 nitrogen and oxygen atoms in total. The number of halogens is 2. The molecule has 1 aliphatic rings. The number of pyridine rings is 1. The molecule has 3 N–H and O–H groups in total. The van der Waals surface area contributed by atoms with Gasteiger partial charge in [0.25, 0.3) is 0 Å². The Morgan fingerprint density at radius 2 is 1.42 bits per heavy atom. The Kier molecular flexibility index (Phi) is 14.3. The van der Waals surface area contributed by atoms with Gasteiger partial charge in [-0.3, -0.25) is 19.4 Å². The molecule has 0 aliphatic heterocycles. The van der Waals surface area contributed by atoms with E-state index in [0.717, 1.165) is 6.07 Å². The summed E-state index contributed by atoms with van der Waals surface area (Å²) < 4.78 is 45.9. The summed E-state index contributed by atoms with van der Waals surface area (Å²) in [5.41, 5.74) is -0.278. The fourth-order valence-corrected chi connectivity index (χ4v) is 5.33. The molecule has 1 aromatic heterocycles. The highest BCUT2D eigenvalue weighted by Crippen LogP contribution is 2.47. The van der Waals surface area contributed by atoms with Gasteiger partial charge >= 0.3 is 5.97 Å². The van der Waals surface area contributed by atoms with E-state index >= 15 is 4.39 Å². The Hall–Kier alpha value is -5.30. The lowest BCUT2D eigenvalue weighted by molar-refractivity contribution is -0.137. The molecular formula is C39H46F2N4O7. The largest absolute Gasteiger partial charge is 0.490 e. The first-order valence-corrected chi connectivity index (χ1v) is 17.5. The van der Waals surface area contributed by atoms with E-state index in [1.54, 1.807) is 18.2 Å². The van der Waals surface area contributed by atoms with Crippen LogP contribution >= 0.6 is 0 Å². The monoisotopic (exact) mass is 720 g/mol. The third-order valence-corrected chi connectivity index (χ3v) is 8.58. The van der Waals surface area contributed by atoms with Crippen LogP contribution in [-0.2, 0) is 14.4 Å². The molecule has 0 saturated heterocycles. The van der Waals surface area contributed by atoms with Crippen molar-refractivity contribution in [1.82, 2.24) is 9.88 Å². The number of carbonyl (C=O) groups excluding carboxylic acids is 2. The minimum Gasteiger partial charge on any atom is -0.490 e. The van der Waals surface area contributed by atoms with Gasteiger partial charge in [0, 0.05) is 41.5 Å². The van der Waals surface area contributed by atoms with Crippen molar-refractivity contribution >= 4 is 40.1 Å². The number of unbranched alkanes of at least 4 members (excludes halogenated alkanes) is 1. The molecule has 1 fully saturated rings. The van der Waals surface area contributed by atoms with Gasteiger partial charge in [-0.1, -0.05) is 20.8 Å². The van der Waals surface area contributed by atoms with E-state index in [4.69, 9.17) is 19.3 Å². The molecule has 1 saturated carbocycles. The number of nitrogens with one attached hydrogen (secondary N) is 2. The second kappa shape index (κ2) is 18.8. The Bertz CT molecular complexity index is 1820. The van der Waals surface area contributed by atoms with Crippen LogP contribution in [0, 0.1) is 17.0 Å². The third kappa shape index (κ3) is 10.6. The fourth-order valence-electron chi connectivity index (χ4n) is 5.33. The topological polar surface area (TPSA) is 139 Å². The second-order valence-corrected chi connectivity index (χ2v) is 12.1. The molecule has 1 heterocycles. The van der Waals surface area contributed by atoms with E-state index in [1.807, 2.05) is 6.92 Å². The van der Waals surface area contributed by atoms with Crippen LogP contribution in [0.4, 0.5) is 20.2 Å². The predicted octanol–water partition coefficient (Wildman–Crippen LogP) is 8.04. The molecule has 1 aliphatic carbocycles. The van der Waals surface area contributed by atoms with E-state index in [2.05, 4.69) is 41.3 Å². The Labute approximate surface area is 302 Å². The summed E-state index contributed by atoms with van der Waals surface area (Å²) in [6.07, 6.45) is 3.24. The molecule has 0 atom stereocenters. The lowest BCUT2D eigenvalue weighted by Crippen LogP contribution is -2.35. The van der Waals surface area contributed by atoms with E-state index < -0.39 is 34.8 Å². The minimum atomic E-state index is -1.30. The van der Waals surface area contributed by atoms with E-state index in [1.165, 1.54) is 62.2 Å². The maximum atomic E-state index is 15.2. The number of rotatable bonds is 17. The molecule has 5 rings (SSSR count). The van der Waals surface area contributed by atoms with Crippen LogP contribution in [0.15, 0.2) is 66.9 Å². The molecule has 0 spiro atoms. The van der Waals surface area contributed by atoms with Crippen LogP contribution in [-0.4, -0.2) is 65.6 Å². The number of aromatic nitrogens is 1. The SMILES string of the molecule is CCN(CC)CC.CCOc1cc2c(Oc3ccc(NC(=O)C4(C(=O)Nc5ccc(F)cc5)CC4)cc3F)ccnc2cc1OCCCCC(=O)O. The summed E-state index contributed by atoms with van der Waals surface area (Å²) in [7, 11) is 0. The number of ether oxygens (including phenoxy) is 3. The van der Waals surface area contributed by atoms with Crippen molar-refractivity contribution in [2.75, 3.05) is 43.5 Å². The van der Waals surface area contributed by atoms with Gasteiger partial charge in [0.2, 0.25) is 11.8 Å². The van der Waals surface area contributed by atoms with Crippen LogP contribution < -0.4 is 24.8 Å². The Balaban J connectivity index is 0.000000785. The average Bonchev–Trinajstić information content (AvgIpc) is 3.94. The van der Waals surface area contributed by atoms with Crippen LogP contribution in [0.1, 0.15) is 59.8 Å². The van der Waals surface area contributed by atoms with Crippen molar-refractivity contribution in [2.24, 2.45) is 5.41 Å². The number of anilines is 2. The molecule has 3 aromatic carbocycles. The van der Waals surface area contributed by atoms with Crippen LogP contribution in [0.25, 0.3) is 10.9 Å². The highest BCUT2D eigenvalue weighted by atomic mass is 19.1. The number of carboxylic acid groups (broad SMARTS) is 1. The van der Waals surface area contributed by atoms with Crippen molar-refractivity contribution in [1.29, 1.82) is 0 Å². The molecule has 4 aromatic rings. The number of amides is 2. The van der Waals surface area contributed by atoms with Gasteiger partial charge in [-0.15, -0.1) is 0 Å². The van der Waals surface area contributed by atoms with Gasteiger partial charge in [-0.25, -0.2) is 8.78 Å².